The Morgan fingerprint density at radius 2 is 1.75 bits per heavy atom. The summed E-state index contributed by atoms with van der Waals surface area (Å²) in [6.07, 6.45) is 3.61. The van der Waals surface area contributed by atoms with E-state index in [2.05, 4.69) is 30.6 Å². The number of nitrogens with zero attached hydrogens (tertiary/aromatic N) is 2. The largest absolute Gasteiger partial charge is 0.395 e. The lowest BCUT2D eigenvalue weighted by atomic mass is 9.75. The van der Waals surface area contributed by atoms with Crippen LogP contribution in [0.2, 0.25) is 0 Å². The number of hydrogen-bond acceptors (Lipinski definition) is 5. The van der Waals surface area contributed by atoms with Crippen molar-refractivity contribution in [1.29, 1.82) is 0 Å². The summed E-state index contributed by atoms with van der Waals surface area (Å²) in [5.41, 5.74) is 0. The molecule has 2 N–H and O–H groups in total. The van der Waals surface area contributed by atoms with Crippen molar-refractivity contribution in [2.24, 2.45) is 17.8 Å². The van der Waals surface area contributed by atoms with Crippen LogP contribution in [-0.4, -0.2) is 84.7 Å². The van der Waals surface area contributed by atoms with Gasteiger partial charge in [0.25, 0.3) is 0 Å². The molecule has 1 saturated carbocycles. The maximum atomic E-state index is 10.4. The van der Waals surface area contributed by atoms with Gasteiger partial charge in [0.05, 0.1) is 25.4 Å². The number of hydrogen-bond donors (Lipinski definition) is 2. The van der Waals surface area contributed by atoms with Crippen LogP contribution in [0.4, 0.5) is 0 Å². The van der Waals surface area contributed by atoms with E-state index in [9.17, 15) is 5.11 Å². The van der Waals surface area contributed by atoms with Crippen molar-refractivity contribution < 1.29 is 14.9 Å². The normalized spacial score (nSPS) is 31.5. The van der Waals surface area contributed by atoms with Gasteiger partial charge in [-0.15, -0.1) is 0 Å². The lowest BCUT2D eigenvalue weighted by Gasteiger charge is -2.38. The fourth-order valence-corrected chi connectivity index (χ4v) is 4.23. The Hall–Kier alpha value is -0.200. The highest BCUT2D eigenvalue weighted by atomic mass is 16.5. The molecule has 0 amide bonds. The first kappa shape index (κ1) is 20.1. The van der Waals surface area contributed by atoms with E-state index in [-0.39, 0.29) is 6.61 Å². The molecule has 5 heteroatoms. The van der Waals surface area contributed by atoms with Crippen LogP contribution in [0, 0.1) is 17.8 Å². The molecule has 2 rings (SSSR count). The Labute approximate surface area is 148 Å². The smallest absolute Gasteiger partial charge is 0.0900 e. The zero-order chi connectivity index (χ0) is 17.5. The summed E-state index contributed by atoms with van der Waals surface area (Å²) < 4.78 is 6.17. The zero-order valence-corrected chi connectivity index (χ0v) is 15.9. The summed E-state index contributed by atoms with van der Waals surface area (Å²) in [6.45, 7) is 12.9. The molecule has 0 unspecified atom stereocenters. The highest BCUT2D eigenvalue weighted by Crippen LogP contribution is 2.35. The van der Waals surface area contributed by atoms with E-state index in [1.54, 1.807) is 0 Å². The lowest BCUT2D eigenvalue weighted by Crippen LogP contribution is -2.49. The molecule has 5 nitrogen and oxygen atoms in total. The van der Waals surface area contributed by atoms with Crippen molar-refractivity contribution in [2.45, 2.75) is 52.2 Å². The standard InChI is InChI=1S/C19H38N2O3/c1-15(2)18-5-4-16(3)12-19(18)24-14-17(23)13-21-8-6-20(7-9-21)10-11-22/h15-19,22-23H,4-14H2,1-3H3/t16-,17+,18+,19+/m0/s1. The third-order valence-corrected chi connectivity index (χ3v) is 5.81. The molecule has 4 atom stereocenters. The van der Waals surface area contributed by atoms with E-state index >= 15 is 0 Å². The maximum Gasteiger partial charge on any atom is 0.0900 e. The van der Waals surface area contributed by atoms with Gasteiger partial charge in [-0.1, -0.05) is 27.2 Å². The van der Waals surface area contributed by atoms with Crippen molar-refractivity contribution in [3.63, 3.8) is 0 Å². The Bertz CT molecular complexity index is 346. The number of aliphatic hydroxyl groups is 2. The molecule has 2 fully saturated rings. The second-order valence-corrected chi connectivity index (χ2v) is 8.22. The van der Waals surface area contributed by atoms with Gasteiger partial charge in [-0.2, -0.15) is 0 Å². The molecule has 0 bridgehead atoms. The van der Waals surface area contributed by atoms with E-state index in [0.717, 1.165) is 45.1 Å². The van der Waals surface area contributed by atoms with Crippen LogP contribution in [0.25, 0.3) is 0 Å². The zero-order valence-electron chi connectivity index (χ0n) is 15.9. The Morgan fingerprint density at radius 3 is 2.38 bits per heavy atom. The molecule has 1 aliphatic carbocycles. The quantitative estimate of drug-likeness (QED) is 0.699. The molecular formula is C19H38N2O3. The van der Waals surface area contributed by atoms with Gasteiger partial charge in [-0.25, -0.2) is 0 Å². The SMILES string of the molecule is CC(C)[C@H]1CC[C@H](C)C[C@H]1OC[C@H](O)CN1CCN(CCO)CC1. The van der Waals surface area contributed by atoms with Gasteiger partial charge in [-0.05, 0) is 30.6 Å². The van der Waals surface area contributed by atoms with Crippen LogP contribution in [0.5, 0.6) is 0 Å². The molecular weight excluding hydrogens is 304 g/mol. The fourth-order valence-electron chi connectivity index (χ4n) is 4.23. The van der Waals surface area contributed by atoms with Crippen LogP contribution >= 0.6 is 0 Å². The number of ether oxygens (including phenoxy) is 1. The van der Waals surface area contributed by atoms with E-state index < -0.39 is 6.10 Å². The van der Waals surface area contributed by atoms with Crippen molar-refractivity contribution in [3.8, 4) is 0 Å². The van der Waals surface area contributed by atoms with Crippen molar-refractivity contribution in [2.75, 3.05) is 52.5 Å². The first-order valence-electron chi connectivity index (χ1n) is 9.84. The molecule has 2 aliphatic rings. The summed E-state index contributed by atoms with van der Waals surface area (Å²) in [6, 6.07) is 0. The highest BCUT2D eigenvalue weighted by Gasteiger charge is 2.32. The number of piperazine rings is 1. The van der Waals surface area contributed by atoms with Crippen LogP contribution in [-0.2, 0) is 4.74 Å². The van der Waals surface area contributed by atoms with Crippen molar-refractivity contribution in [1.82, 2.24) is 9.80 Å². The van der Waals surface area contributed by atoms with Crippen molar-refractivity contribution in [3.05, 3.63) is 0 Å². The number of aliphatic hydroxyl groups excluding tert-OH is 2. The predicted molar refractivity (Wildman–Crippen MR) is 97.1 cm³/mol. The second kappa shape index (κ2) is 10.1. The molecule has 0 radical (unpaired) electrons. The summed E-state index contributed by atoms with van der Waals surface area (Å²) >= 11 is 0. The summed E-state index contributed by atoms with van der Waals surface area (Å²) in [7, 11) is 0. The minimum atomic E-state index is -0.403. The molecule has 1 aliphatic heterocycles. The minimum absolute atomic E-state index is 0.229. The van der Waals surface area contributed by atoms with E-state index in [4.69, 9.17) is 9.84 Å². The Balaban J connectivity index is 1.69. The van der Waals surface area contributed by atoms with E-state index in [1.165, 1.54) is 12.8 Å². The third kappa shape index (κ3) is 6.26. The van der Waals surface area contributed by atoms with Gasteiger partial charge in [0.2, 0.25) is 0 Å². The van der Waals surface area contributed by atoms with Gasteiger partial charge in [0.1, 0.15) is 0 Å². The summed E-state index contributed by atoms with van der Waals surface area (Å²) in [5, 5.41) is 19.4. The van der Waals surface area contributed by atoms with Gasteiger partial charge in [0.15, 0.2) is 0 Å². The van der Waals surface area contributed by atoms with Gasteiger partial charge < -0.3 is 14.9 Å². The van der Waals surface area contributed by atoms with E-state index in [0.29, 0.717) is 31.1 Å². The van der Waals surface area contributed by atoms with Gasteiger partial charge >= 0.3 is 0 Å². The van der Waals surface area contributed by atoms with E-state index in [1.807, 2.05) is 0 Å². The summed E-state index contributed by atoms with van der Waals surface area (Å²) in [5.74, 6) is 2.02. The molecule has 0 aromatic carbocycles. The maximum absolute atomic E-state index is 10.4. The van der Waals surface area contributed by atoms with Crippen LogP contribution in [0.1, 0.15) is 40.0 Å². The Morgan fingerprint density at radius 1 is 1.08 bits per heavy atom. The number of β-amino-alcohol motifs (C(OH)–C–C–N with tert-alkyl or cyclic N) is 2. The summed E-state index contributed by atoms with van der Waals surface area (Å²) in [4.78, 5) is 4.58. The first-order chi connectivity index (χ1) is 11.5. The molecule has 24 heavy (non-hydrogen) atoms. The second-order valence-electron chi connectivity index (χ2n) is 8.22. The van der Waals surface area contributed by atoms with Crippen LogP contribution < -0.4 is 0 Å². The molecule has 0 aromatic heterocycles. The average molecular weight is 343 g/mol. The molecule has 0 spiro atoms. The minimum Gasteiger partial charge on any atom is -0.395 e. The highest BCUT2D eigenvalue weighted by molar-refractivity contribution is 4.82. The average Bonchev–Trinajstić information content (AvgIpc) is 2.55. The molecule has 142 valence electrons. The van der Waals surface area contributed by atoms with Crippen LogP contribution in [0.15, 0.2) is 0 Å². The number of rotatable bonds is 8. The fraction of sp³-hybridized carbons (Fsp3) is 1.00. The lowest BCUT2D eigenvalue weighted by molar-refractivity contribution is -0.0755. The third-order valence-electron chi connectivity index (χ3n) is 5.81. The van der Waals surface area contributed by atoms with Crippen molar-refractivity contribution >= 4 is 0 Å². The Kier molecular flexibility index (Phi) is 8.44. The van der Waals surface area contributed by atoms with Gasteiger partial charge in [0, 0.05) is 39.3 Å². The monoisotopic (exact) mass is 342 g/mol. The topological polar surface area (TPSA) is 56.2 Å². The molecule has 1 saturated heterocycles. The van der Waals surface area contributed by atoms with Crippen LogP contribution in [0.3, 0.4) is 0 Å². The predicted octanol–water partition coefficient (Wildman–Crippen LogP) is 1.43. The molecule has 1 heterocycles. The first-order valence-corrected chi connectivity index (χ1v) is 9.84. The molecule has 0 aromatic rings. The van der Waals surface area contributed by atoms with Gasteiger partial charge in [-0.3, -0.25) is 9.80 Å².